The number of hydrogen-bond acceptors (Lipinski definition) is 5. The van der Waals surface area contributed by atoms with E-state index in [2.05, 4.69) is 27.2 Å². The molecule has 0 unspecified atom stereocenters. The van der Waals surface area contributed by atoms with Gasteiger partial charge in [-0.1, -0.05) is 0 Å². The summed E-state index contributed by atoms with van der Waals surface area (Å²) in [6.45, 7) is 4.91. The van der Waals surface area contributed by atoms with E-state index in [0.29, 0.717) is 24.1 Å². The first-order valence-electron chi connectivity index (χ1n) is 10.0. The van der Waals surface area contributed by atoms with Gasteiger partial charge >= 0.3 is 0 Å². The predicted octanol–water partition coefficient (Wildman–Crippen LogP) is 2.84. The fourth-order valence-corrected chi connectivity index (χ4v) is 4.64. The molecule has 3 aromatic heterocycles. The number of carbonyl (C=O) groups is 1. The number of hydrogen-bond donors (Lipinski definition) is 1. The number of halogens is 1. The molecule has 5 heterocycles. The van der Waals surface area contributed by atoms with Gasteiger partial charge in [-0.05, 0) is 51.7 Å². The van der Waals surface area contributed by atoms with Crippen molar-refractivity contribution in [1.82, 2.24) is 24.9 Å². The van der Waals surface area contributed by atoms with Gasteiger partial charge in [0.2, 0.25) is 0 Å². The van der Waals surface area contributed by atoms with Crippen LogP contribution >= 0.6 is 0 Å². The van der Waals surface area contributed by atoms with Crippen LogP contribution in [-0.4, -0.2) is 38.1 Å². The summed E-state index contributed by atoms with van der Waals surface area (Å²) in [5, 5.41) is 7.30. The minimum absolute atomic E-state index is 0.0615. The fourth-order valence-electron chi connectivity index (χ4n) is 4.64. The molecule has 29 heavy (non-hydrogen) atoms. The van der Waals surface area contributed by atoms with Crippen LogP contribution in [0.2, 0.25) is 0 Å². The van der Waals surface area contributed by atoms with Crippen molar-refractivity contribution in [2.24, 2.45) is 0 Å². The molecule has 5 rings (SSSR count). The second kappa shape index (κ2) is 6.50. The van der Waals surface area contributed by atoms with Gasteiger partial charge < -0.3 is 10.2 Å². The first-order valence-corrected chi connectivity index (χ1v) is 10.0. The van der Waals surface area contributed by atoms with Gasteiger partial charge in [-0.2, -0.15) is 5.10 Å². The van der Waals surface area contributed by atoms with Gasteiger partial charge in [0.05, 0.1) is 17.9 Å². The van der Waals surface area contributed by atoms with Crippen molar-refractivity contribution in [3.05, 3.63) is 53.4 Å². The van der Waals surface area contributed by atoms with Crippen molar-refractivity contribution < 1.29 is 9.18 Å². The number of amides is 1. The highest BCUT2D eigenvalue weighted by atomic mass is 19.1. The van der Waals surface area contributed by atoms with Gasteiger partial charge in [0.15, 0.2) is 5.65 Å². The van der Waals surface area contributed by atoms with Gasteiger partial charge in [-0.25, -0.2) is 13.9 Å². The van der Waals surface area contributed by atoms with Crippen LogP contribution in [0.15, 0.2) is 30.7 Å². The normalized spacial score (nSPS) is 24.4. The lowest BCUT2D eigenvalue weighted by Crippen LogP contribution is -2.40. The molecule has 0 spiro atoms. The summed E-state index contributed by atoms with van der Waals surface area (Å²) < 4.78 is 15.8. The molecule has 0 aromatic carbocycles. The average molecular weight is 394 g/mol. The molecular weight excluding hydrogens is 371 g/mol. The lowest BCUT2D eigenvalue weighted by Gasteiger charge is -2.37. The summed E-state index contributed by atoms with van der Waals surface area (Å²) in [5.74, 6) is 0.242. The van der Waals surface area contributed by atoms with Crippen molar-refractivity contribution in [1.29, 1.82) is 0 Å². The molecular formula is C21H23FN6O. The SMILES string of the molecule is C[C@H]1CCc2ncc(F)cc2[C@@]2(C)CCCN2c2ccn3ncc(c3n2)C(=O)N1. The van der Waals surface area contributed by atoms with Crippen LogP contribution in [0.4, 0.5) is 10.2 Å². The largest absolute Gasteiger partial charge is 0.349 e. The zero-order chi connectivity index (χ0) is 20.2. The number of aryl methyl sites for hydroxylation is 1. The second-order valence-electron chi connectivity index (χ2n) is 8.20. The lowest BCUT2D eigenvalue weighted by atomic mass is 9.86. The van der Waals surface area contributed by atoms with Gasteiger partial charge in [0.1, 0.15) is 17.2 Å². The molecule has 0 radical (unpaired) electrons. The van der Waals surface area contributed by atoms with E-state index >= 15 is 0 Å². The van der Waals surface area contributed by atoms with Crippen molar-refractivity contribution in [2.45, 2.75) is 51.1 Å². The maximum Gasteiger partial charge on any atom is 0.256 e. The number of nitrogens with zero attached hydrogens (tertiary/aromatic N) is 5. The Morgan fingerprint density at radius 3 is 3.07 bits per heavy atom. The van der Waals surface area contributed by atoms with Crippen LogP contribution in [0.25, 0.3) is 5.65 Å². The van der Waals surface area contributed by atoms with Crippen molar-refractivity contribution in [3.63, 3.8) is 0 Å². The molecule has 8 heteroatoms. The third-order valence-corrected chi connectivity index (χ3v) is 6.23. The molecule has 1 amide bonds. The molecule has 2 bridgehead atoms. The van der Waals surface area contributed by atoms with Crippen molar-refractivity contribution in [3.8, 4) is 0 Å². The number of aromatic nitrogens is 4. The molecule has 3 aromatic rings. The third kappa shape index (κ3) is 2.85. The number of nitrogens with one attached hydrogen (secondary N) is 1. The highest BCUT2D eigenvalue weighted by Crippen LogP contribution is 2.42. The molecule has 0 aliphatic carbocycles. The molecule has 2 aliphatic rings. The molecule has 1 N–H and O–H groups in total. The van der Waals surface area contributed by atoms with Gasteiger partial charge in [-0.3, -0.25) is 9.78 Å². The van der Waals surface area contributed by atoms with E-state index in [9.17, 15) is 9.18 Å². The molecule has 150 valence electrons. The Bertz CT molecular complexity index is 1110. The van der Waals surface area contributed by atoms with Gasteiger partial charge in [-0.15, -0.1) is 0 Å². The number of rotatable bonds is 0. The summed E-state index contributed by atoms with van der Waals surface area (Å²) in [6, 6.07) is 3.46. The van der Waals surface area contributed by atoms with Crippen molar-refractivity contribution in [2.75, 3.05) is 11.4 Å². The monoisotopic (exact) mass is 394 g/mol. The Hall–Kier alpha value is -3.03. The zero-order valence-electron chi connectivity index (χ0n) is 16.5. The molecule has 7 nitrogen and oxygen atoms in total. The average Bonchev–Trinajstić information content (AvgIpc) is 3.30. The predicted molar refractivity (Wildman–Crippen MR) is 106 cm³/mol. The molecule has 1 saturated heterocycles. The summed E-state index contributed by atoms with van der Waals surface area (Å²) in [6.07, 6.45) is 7.89. The van der Waals surface area contributed by atoms with Crippen LogP contribution in [0.1, 0.15) is 54.7 Å². The van der Waals surface area contributed by atoms with E-state index in [1.807, 2.05) is 19.2 Å². The minimum Gasteiger partial charge on any atom is -0.349 e. The quantitative estimate of drug-likeness (QED) is 0.635. The Kier molecular flexibility index (Phi) is 4.04. The molecule has 2 aliphatic heterocycles. The number of carbonyl (C=O) groups excluding carboxylic acids is 1. The first kappa shape index (κ1) is 18.0. The zero-order valence-corrected chi connectivity index (χ0v) is 16.5. The van der Waals surface area contributed by atoms with Crippen LogP contribution in [-0.2, 0) is 12.0 Å². The van der Waals surface area contributed by atoms with E-state index in [1.165, 1.54) is 6.20 Å². The Labute approximate surface area is 168 Å². The molecule has 2 atom stereocenters. The maximum absolute atomic E-state index is 14.2. The Morgan fingerprint density at radius 1 is 1.34 bits per heavy atom. The Balaban J connectivity index is 1.73. The number of pyridine rings is 1. The summed E-state index contributed by atoms with van der Waals surface area (Å²) in [7, 11) is 0. The van der Waals surface area contributed by atoms with Crippen molar-refractivity contribution >= 4 is 17.4 Å². The summed E-state index contributed by atoms with van der Waals surface area (Å²) >= 11 is 0. The lowest BCUT2D eigenvalue weighted by molar-refractivity contribution is 0.0940. The minimum atomic E-state index is -0.412. The highest BCUT2D eigenvalue weighted by molar-refractivity contribution is 5.99. The second-order valence-corrected chi connectivity index (χ2v) is 8.20. The summed E-state index contributed by atoms with van der Waals surface area (Å²) in [5.41, 5.74) is 2.36. The van der Waals surface area contributed by atoms with E-state index in [-0.39, 0.29) is 17.8 Å². The fraction of sp³-hybridized carbons (Fsp3) is 0.429. The van der Waals surface area contributed by atoms with Crippen LogP contribution in [0, 0.1) is 5.82 Å². The summed E-state index contributed by atoms with van der Waals surface area (Å²) in [4.78, 5) is 24.2. The molecule has 0 saturated carbocycles. The Morgan fingerprint density at radius 2 is 2.21 bits per heavy atom. The smallest absolute Gasteiger partial charge is 0.256 e. The highest BCUT2D eigenvalue weighted by Gasteiger charge is 2.41. The molecule has 1 fully saturated rings. The van der Waals surface area contributed by atoms with E-state index in [1.54, 1.807) is 16.8 Å². The number of fused-ring (bicyclic) bond motifs is 5. The van der Waals surface area contributed by atoms with Crippen LogP contribution in [0.3, 0.4) is 0 Å². The van der Waals surface area contributed by atoms with Gasteiger partial charge in [0, 0.05) is 30.0 Å². The van der Waals surface area contributed by atoms with Crippen LogP contribution in [0.5, 0.6) is 0 Å². The standard InChI is InChI=1S/C21H23FN6O/c1-13-4-5-17-16(10-14(22)11-23-17)21(2)7-3-8-27(21)18-6-9-28-19(26-18)15(12-24-28)20(29)25-13/h6,9-13H,3-5,7-8H2,1-2H3,(H,25,29)/t13-,21+/m0/s1. The number of anilines is 1. The first-order chi connectivity index (χ1) is 14.0. The van der Waals surface area contributed by atoms with Crippen LogP contribution < -0.4 is 10.2 Å². The van der Waals surface area contributed by atoms with E-state index < -0.39 is 5.54 Å². The topological polar surface area (TPSA) is 75.4 Å². The van der Waals surface area contributed by atoms with Gasteiger partial charge in [0.25, 0.3) is 5.91 Å². The van der Waals surface area contributed by atoms with E-state index in [4.69, 9.17) is 4.98 Å². The maximum atomic E-state index is 14.2. The third-order valence-electron chi connectivity index (χ3n) is 6.23. The van der Waals surface area contributed by atoms with E-state index in [0.717, 1.165) is 36.5 Å².